The molecule has 19 heavy (non-hydrogen) atoms. The van der Waals surface area contributed by atoms with Gasteiger partial charge in [-0.15, -0.1) is 0 Å². The van der Waals surface area contributed by atoms with Crippen molar-refractivity contribution < 1.29 is 18.7 Å². The molecule has 1 N–H and O–H groups in total. The van der Waals surface area contributed by atoms with E-state index in [0.717, 1.165) is 12.5 Å². The summed E-state index contributed by atoms with van der Waals surface area (Å²) in [4.78, 5) is 13.0. The van der Waals surface area contributed by atoms with Crippen LogP contribution >= 0.6 is 0 Å². The van der Waals surface area contributed by atoms with E-state index in [2.05, 4.69) is 0 Å². The SMILES string of the molecule is CC1CCN(Cc2cccc(F)c2F)C(C(=O)O)C1. The second-order valence-corrected chi connectivity index (χ2v) is 5.17. The molecule has 0 radical (unpaired) electrons. The Morgan fingerprint density at radius 2 is 2.21 bits per heavy atom. The van der Waals surface area contributed by atoms with E-state index < -0.39 is 23.6 Å². The quantitative estimate of drug-likeness (QED) is 0.917. The van der Waals surface area contributed by atoms with Gasteiger partial charge in [-0.1, -0.05) is 19.1 Å². The number of halogens is 2. The Kier molecular flexibility index (Phi) is 4.14. The number of carboxylic acids is 1. The van der Waals surface area contributed by atoms with E-state index in [4.69, 9.17) is 0 Å². The van der Waals surface area contributed by atoms with Crippen molar-refractivity contribution in [2.24, 2.45) is 5.92 Å². The summed E-state index contributed by atoms with van der Waals surface area (Å²) < 4.78 is 26.8. The van der Waals surface area contributed by atoms with Crippen molar-refractivity contribution in [3.63, 3.8) is 0 Å². The molecule has 0 bridgehead atoms. The van der Waals surface area contributed by atoms with Gasteiger partial charge in [-0.05, 0) is 31.4 Å². The fourth-order valence-corrected chi connectivity index (χ4v) is 2.53. The van der Waals surface area contributed by atoms with Crippen LogP contribution < -0.4 is 0 Å². The molecule has 2 rings (SSSR count). The Balaban J connectivity index is 2.16. The zero-order valence-electron chi connectivity index (χ0n) is 10.8. The summed E-state index contributed by atoms with van der Waals surface area (Å²) >= 11 is 0. The van der Waals surface area contributed by atoms with Crippen LogP contribution in [0.25, 0.3) is 0 Å². The van der Waals surface area contributed by atoms with Gasteiger partial charge in [0, 0.05) is 12.1 Å². The van der Waals surface area contributed by atoms with Gasteiger partial charge in [-0.2, -0.15) is 0 Å². The fraction of sp³-hybridized carbons (Fsp3) is 0.500. The van der Waals surface area contributed by atoms with Crippen molar-refractivity contribution >= 4 is 5.97 Å². The Hall–Kier alpha value is -1.49. The Morgan fingerprint density at radius 1 is 1.47 bits per heavy atom. The molecule has 2 unspecified atom stereocenters. The largest absolute Gasteiger partial charge is 0.480 e. The lowest BCUT2D eigenvalue weighted by Gasteiger charge is -2.36. The third-order valence-electron chi connectivity index (χ3n) is 3.67. The summed E-state index contributed by atoms with van der Waals surface area (Å²) in [7, 11) is 0. The van der Waals surface area contributed by atoms with Crippen molar-refractivity contribution in [3.8, 4) is 0 Å². The maximum absolute atomic E-state index is 13.6. The van der Waals surface area contributed by atoms with Gasteiger partial charge in [-0.3, -0.25) is 9.69 Å². The Bertz CT molecular complexity index is 479. The summed E-state index contributed by atoms with van der Waals surface area (Å²) in [5, 5.41) is 9.22. The first kappa shape index (κ1) is 13.9. The smallest absolute Gasteiger partial charge is 0.320 e. The van der Waals surface area contributed by atoms with Crippen LogP contribution in [-0.4, -0.2) is 28.6 Å². The van der Waals surface area contributed by atoms with Crippen molar-refractivity contribution in [2.45, 2.75) is 32.4 Å². The second-order valence-electron chi connectivity index (χ2n) is 5.17. The minimum Gasteiger partial charge on any atom is -0.480 e. The molecule has 0 aliphatic carbocycles. The topological polar surface area (TPSA) is 40.5 Å². The van der Waals surface area contributed by atoms with Gasteiger partial charge in [0.15, 0.2) is 11.6 Å². The van der Waals surface area contributed by atoms with Crippen LogP contribution in [0.4, 0.5) is 8.78 Å². The van der Waals surface area contributed by atoms with E-state index in [1.807, 2.05) is 6.92 Å². The molecule has 2 atom stereocenters. The summed E-state index contributed by atoms with van der Waals surface area (Å²) in [6.07, 6.45) is 1.42. The van der Waals surface area contributed by atoms with Crippen molar-refractivity contribution in [2.75, 3.05) is 6.54 Å². The van der Waals surface area contributed by atoms with Gasteiger partial charge in [-0.25, -0.2) is 8.78 Å². The highest BCUT2D eigenvalue weighted by molar-refractivity contribution is 5.73. The van der Waals surface area contributed by atoms with Gasteiger partial charge < -0.3 is 5.11 Å². The monoisotopic (exact) mass is 269 g/mol. The minimum atomic E-state index is -0.900. The highest BCUT2D eigenvalue weighted by atomic mass is 19.2. The molecule has 5 heteroatoms. The first-order valence-electron chi connectivity index (χ1n) is 6.38. The molecule has 1 heterocycles. The van der Waals surface area contributed by atoms with Crippen molar-refractivity contribution in [1.29, 1.82) is 0 Å². The summed E-state index contributed by atoms with van der Waals surface area (Å²) in [6.45, 7) is 2.73. The number of piperidine rings is 1. The van der Waals surface area contributed by atoms with Crippen molar-refractivity contribution in [3.05, 3.63) is 35.4 Å². The van der Waals surface area contributed by atoms with Gasteiger partial charge >= 0.3 is 5.97 Å². The molecule has 1 saturated heterocycles. The van der Waals surface area contributed by atoms with E-state index in [1.165, 1.54) is 12.1 Å². The molecule has 0 aromatic heterocycles. The van der Waals surface area contributed by atoms with Crippen LogP contribution in [0.15, 0.2) is 18.2 Å². The fourth-order valence-electron chi connectivity index (χ4n) is 2.53. The zero-order valence-corrected chi connectivity index (χ0v) is 10.8. The number of likely N-dealkylation sites (tertiary alicyclic amines) is 1. The molecular formula is C14H17F2NO2. The van der Waals surface area contributed by atoms with E-state index in [0.29, 0.717) is 18.9 Å². The van der Waals surface area contributed by atoms with Crippen LogP contribution in [-0.2, 0) is 11.3 Å². The third kappa shape index (κ3) is 3.10. The molecule has 1 aromatic carbocycles. The maximum Gasteiger partial charge on any atom is 0.320 e. The van der Waals surface area contributed by atoms with Gasteiger partial charge in [0.05, 0.1) is 0 Å². The molecule has 0 spiro atoms. The highest BCUT2D eigenvalue weighted by Gasteiger charge is 2.32. The van der Waals surface area contributed by atoms with E-state index in [-0.39, 0.29) is 12.1 Å². The first-order chi connectivity index (χ1) is 8.99. The first-order valence-corrected chi connectivity index (χ1v) is 6.38. The molecule has 1 fully saturated rings. The second kappa shape index (κ2) is 5.65. The lowest BCUT2D eigenvalue weighted by Crippen LogP contribution is -2.46. The predicted octanol–water partition coefficient (Wildman–Crippen LogP) is 2.65. The highest BCUT2D eigenvalue weighted by Crippen LogP contribution is 2.25. The summed E-state index contributed by atoms with van der Waals surface area (Å²) in [6, 6.07) is 3.38. The molecule has 0 saturated carbocycles. The van der Waals surface area contributed by atoms with Gasteiger partial charge in [0.25, 0.3) is 0 Å². The minimum absolute atomic E-state index is 0.132. The molecule has 1 aliphatic rings. The van der Waals surface area contributed by atoms with Crippen LogP contribution in [0, 0.1) is 17.6 Å². The normalized spacial score (nSPS) is 24.4. The molecule has 1 aliphatic heterocycles. The van der Waals surface area contributed by atoms with Crippen LogP contribution in [0.3, 0.4) is 0 Å². The van der Waals surface area contributed by atoms with Crippen LogP contribution in [0.1, 0.15) is 25.3 Å². The van der Waals surface area contributed by atoms with E-state index in [1.54, 1.807) is 4.90 Å². The summed E-state index contributed by atoms with van der Waals surface area (Å²) in [5.74, 6) is -2.34. The number of nitrogens with zero attached hydrogens (tertiary/aromatic N) is 1. The third-order valence-corrected chi connectivity index (χ3v) is 3.67. The summed E-state index contributed by atoms with van der Waals surface area (Å²) in [5.41, 5.74) is 0.209. The van der Waals surface area contributed by atoms with Gasteiger partial charge in [0.1, 0.15) is 6.04 Å². The van der Waals surface area contributed by atoms with Crippen molar-refractivity contribution in [1.82, 2.24) is 4.90 Å². The van der Waals surface area contributed by atoms with Crippen LogP contribution in [0.2, 0.25) is 0 Å². The Labute approximate surface area is 110 Å². The number of benzene rings is 1. The van der Waals surface area contributed by atoms with E-state index in [9.17, 15) is 18.7 Å². The van der Waals surface area contributed by atoms with E-state index >= 15 is 0 Å². The number of rotatable bonds is 3. The van der Waals surface area contributed by atoms with Crippen LogP contribution in [0.5, 0.6) is 0 Å². The molecule has 104 valence electrons. The predicted molar refractivity (Wildman–Crippen MR) is 66.6 cm³/mol. The maximum atomic E-state index is 13.6. The molecule has 1 aromatic rings. The standard InChI is InChI=1S/C14H17F2NO2/c1-9-5-6-17(12(7-9)14(18)19)8-10-3-2-4-11(15)13(10)16/h2-4,9,12H,5-8H2,1H3,(H,18,19). The average molecular weight is 269 g/mol. The number of hydrogen-bond acceptors (Lipinski definition) is 2. The number of carboxylic acid groups (broad SMARTS) is 1. The number of hydrogen-bond donors (Lipinski definition) is 1. The average Bonchev–Trinajstić information content (AvgIpc) is 2.36. The molecule has 0 amide bonds. The number of carbonyl (C=O) groups is 1. The van der Waals surface area contributed by atoms with Gasteiger partial charge in [0.2, 0.25) is 0 Å². The molecular weight excluding hydrogens is 252 g/mol. The lowest BCUT2D eigenvalue weighted by molar-refractivity contribution is -0.145. The lowest BCUT2D eigenvalue weighted by atomic mass is 9.92. The zero-order chi connectivity index (χ0) is 14.0. The Morgan fingerprint density at radius 3 is 2.89 bits per heavy atom. The molecule has 3 nitrogen and oxygen atoms in total. The number of aliphatic carboxylic acids is 1.